The average molecular weight is 312 g/mol. The number of ether oxygens (including phenoxy) is 1. The van der Waals surface area contributed by atoms with Gasteiger partial charge in [0.15, 0.2) is 0 Å². The number of aryl methyl sites for hydroxylation is 2. The molecule has 2 aromatic rings. The molecule has 1 aliphatic heterocycles. The van der Waals surface area contributed by atoms with Crippen molar-refractivity contribution in [3.8, 4) is 22.6 Å². The predicted molar refractivity (Wildman–Crippen MR) is 91.9 cm³/mol. The molecule has 0 bridgehead atoms. The Bertz CT molecular complexity index is 702. The van der Waals surface area contributed by atoms with Gasteiger partial charge in [-0.3, -0.25) is 0 Å². The van der Waals surface area contributed by atoms with Crippen molar-refractivity contribution < 1.29 is 14.9 Å². The van der Waals surface area contributed by atoms with Crippen molar-refractivity contribution >= 4 is 0 Å². The third-order valence-corrected chi connectivity index (χ3v) is 4.42. The van der Waals surface area contributed by atoms with Crippen molar-refractivity contribution in [3.63, 3.8) is 0 Å². The van der Waals surface area contributed by atoms with E-state index in [0.717, 1.165) is 47.9 Å². The highest BCUT2D eigenvalue weighted by Crippen LogP contribution is 2.48. The van der Waals surface area contributed by atoms with Crippen molar-refractivity contribution in [2.45, 2.75) is 45.6 Å². The molecule has 0 aromatic heterocycles. The van der Waals surface area contributed by atoms with Crippen LogP contribution in [0.15, 0.2) is 30.3 Å². The van der Waals surface area contributed by atoms with Gasteiger partial charge in [-0.2, -0.15) is 0 Å². The van der Waals surface area contributed by atoms with Crippen LogP contribution < -0.4 is 0 Å². The number of aromatic hydroxyl groups is 2. The number of benzene rings is 2. The molecule has 0 aliphatic carbocycles. The van der Waals surface area contributed by atoms with E-state index in [0.29, 0.717) is 12.2 Å². The Morgan fingerprint density at radius 2 is 1.96 bits per heavy atom. The number of unbranched alkanes of at least 4 members (excludes halogenated alkanes) is 2. The molecule has 0 saturated carbocycles. The Balaban J connectivity index is 2.06. The first-order chi connectivity index (χ1) is 11.1. The van der Waals surface area contributed by atoms with Gasteiger partial charge >= 0.3 is 0 Å². The van der Waals surface area contributed by atoms with Gasteiger partial charge in [-0.05, 0) is 37.0 Å². The normalized spacial score (nSPS) is 16.5. The van der Waals surface area contributed by atoms with Crippen LogP contribution in [0.3, 0.4) is 0 Å². The maximum Gasteiger partial charge on any atom is 0.133 e. The highest BCUT2D eigenvalue weighted by atomic mass is 16.6. The molecule has 1 aliphatic rings. The lowest BCUT2D eigenvalue weighted by molar-refractivity contribution is 0.396. The molecule has 1 saturated heterocycles. The van der Waals surface area contributed by atoms with Crippen LogP contribution in [0.5, 0.6) is 11.5 Å². The molecule has 2 aromatic carbocycles. The molecule has 0 radical (unpaired) electrons. The Morgan fingerprint density at radius 1 is 1.17 bits per heavy atom. The summed E-state index contributed by atoms with van der Waals surface area (Å²) in [4.78, 5) is 0. The van der Waals surface area contributed by atoms with Crippen LogP contribution in [-0.2, 0) is 11.2 Å². The standard InChI is InChI=1S/C20H24O3/c1-3-4-5-8-15-11-16(21)18(14-9-6-7-13(2)10-14)20(22)19(15)17-12-23-17/h6-7,9-11,17,21-22H,3-5,8,12H2,1-2H3. The summed E-state index contributed by atoms with van der Waals surface area (Å²) in [6, 6.07) is 9.64. The van der Waals surface area contributed by atoms with Crippen LogP contribution in [-0.4, -0.2) is 16.8 Å². The van der Waals surface area contributed by atoms with Crippen LogP contribution in [0.4, 0.5) is 0 Å². The van der Waals surface area contributed by atoms with Gasteiger partial charge in [0, 0.05) is 5.56 Å². The van der Waals surface area contributed by atoms with Gasteiger partial charge in [0.05, 0.1) is 12.2 Å². The van der Waals surface area contributed by atoms with Crippen molar-refractivity contribution in [2.75, 3.05) is 6.61 Å². The Labute approximate surface area is 137 Å². The second kappa shape index (κ2) is 6.63. The third-order valence-electron chi connectivity index (χ3n) is 4.42. The average Bonchev–Trinajstić information content (AvgIpc) is 3.32. The highest BCUT2D eigenvalue weighted by molar-refractivity contribution is 5.79. The lowest BCUT2D eigenvalue weighted by Gasteiger charge is -2.16. The van der Waals surface area contributed by atoms with E-state index in [1.54, 1.807) is 0 Å². The van der Waals surface area contributed by atoms with Gasteiger partial charge in [0.2, 0.25) is 0 Å². The van der Waals surface area contributed by atoms with E-state index in [1.165, 1.54) is 0 Å². The van der Waals surface area contributed by atoms with E-state index in [-0.39, 0.29) is 17.6 Å². The second-order valence-electron chi connectivity index (χ2n) is 6.34. The summed E-state index contributed by atoms with van der Waals surface area (Å²) in [6.07, 6.45) is 4.17. The minimum absolute atomic E-state index is 0.0317. The molecule has 3 heteroatoms. The van der Waals surface area contributed by atoms with Crippen LogP contribution in [0.1, 0.15) is 49.0 Å². The van der Waals surface area contributed by atoms with Crippen LogP contribution in [0.2, 0.25) is 0 Å². The first kappa shape index (κ1) is 15.9. The van der Waals surface area contributed by atoms with Crippen molar-refractivity contribution in [1.82, 2.24) is 0 Å². The Kier molecular flexibility index (Phi) is 4.58. The zero-order chi connectivity index (χ0) is 16.4. The summed E-state index contributed by atoms with van der Waals surface area (Å²) in [5, 5.41) is 21.3. The molecule has 1 atom stereocenters. The third kappa shape index (κ3) is 3.35. The van der Waals surface area contributed by atoms with Gasteiger partial charge in [0.25, 0.3) is 0 Å². The fourth-order valence-electron chi connectivity index (χ4n) is 3.15. The van der Waals surface area contributed by atoms with Gasteiger partial charge in [-0.1, -0.05) is 49.6 Å². The molecule has 3 nitrogen and oxygen atoms in total. The van der Waals surface area contributed by atoms with Crippen LogP contribution in [0.25, 0.3) is 11.1 Å². The number of phenolic OH excluding ortho intramolecular Hbond substituents is 2. The molecule has 0 amide bonds. The summed E-state index contributed by atoms with van der Waals surface area (Å²) in [6.45, 7) is 4.81. The molecular weight excluding hydrogens is 288 g/mol. The number of hydrogen-bond donors (Lipinski definition) is 2. The topological polar surface area (TPSA) is 53.0 Å². The molecule has 1 heterocycles. The molecule has 1 fully saturated rings. The smallest absolute Gasteiger partial charge is 0.133 e. The Hall–Kier alpha value is -2.00. The summed E-state index contributed by atoms with van der Waals surface area (Å²) < 4.78 is 5.44. The summed E-state index contributed by atoms with van der Waals surface area (Å²) in [5.41, 5.74) is 4.31. The lowest BCUT2D eigenvalue weighted by Crippen LogP contribution is -1.97. The fraction of sp³-hybridized carbons (Fsp3) is 0.400. The van der Waals surface area contributed by atoms with E-state index in [2.05, 4.69) is 6.92 Å². The number of rotatable bonds is 6. The summed E-state index contributed by atoms with van der Waals surface area (Å²) in [7, 11) is 0. The van der Waals surface area contributed by atoms with Gasteiger partial charge in [-0.15, -0.1) is 0 Å². The van der Waals surface area contributed by atoms with E-state index < -0.39 is 0 Å². The van der Waals surface area contributed by atoms with Crippen LogP contribution >= 0.6 is 0 Å². The highest BCUT2D eigenvalue weighted by Gasteiger charge is 2.32. The van der Waals surface area contributed by atoms with E-state index in [9.17, 15) is 10.2 Å². The number of epoxide rings is 1. The summed E-state index contributed by atoms with van der Waals surface area (Å²) >= 11 is 0. The molecular formula is C20H24O3. The van der Waals surface area contributed by atoms with Crippen molar-refractivity contribution in [3.05, 3.63) is 47.0 Å². The van der Waals surface area contributed by atoms with Gasteiger partial charge < -0.3 is 14.9 Å². The van der Waals surface area contributed by atoms with Gasteiger partial charge in [0.1, 0.15) is 17.6 Å². The Morgan fingerprint density at radius 3 is 2.61 bits per heavy atom. The fourth-order valence-corrected chi connectivity index (χ4v) is 3.15. The number of hydrogen-bond acceptors (Lipinski definition) is 3. The molecule has 0 spiro atoms. The molecule has 3 rings (SSSR count). The maximum absolute atomic E-state index is 10.8. The first-order valence-electron chi connectivity index (χ1n) is 8.38. The maximum atomic E-state index is 10.8. The molecule has 122 valence electrons. The van der Waals surface area contributed by atoms with E-state index in [4.69, 9.17) is 4.74 Å². The first-order valence-corrected chi connectivity index (χ1v) is 8.38. The SMILES string of the molecule is CCCCCc1cc(O)c(-c2cccc(C)c2)c(O)c1C1CO1. The minimum Gasteiger partial charge on any atom is -0.507 e. The monoisotopic (exact) mass is 312 g/mol. The second-order valence-corrected chi connectivity index (χ2v) is 6.34. The predicted octanol–water partition coefficient (Wildman–Crippen LogP) is 4.88. The minimum atomic E-state index is -0.0317. The van der Waals surface area contributed by atoms with Crippen LogP contribution in [0, 0.1) is 6.92 Å². The van der Waals surface area contributed by atoms with E-state index >= 15 is 0 Å². The van der Waals surface area contributed by atoms with E-state index in [1.807, 2.05) is 37.3 Å². The van der Waals surface area contributed by atoms with Crippen molar-refractivity contribution in [1.29, 1.82) is 0 Å². The van der Waals surface area contributed by atoms with Crippen molar-refractivity contribution in [2.24, 2.45) is 0 Å². The number of phenols is 2. The largest absolute Gasteiger partial charge is 0.507 e. The summed E-state index contributed by atoms with van der Waals surface area (Å²) in [5.74, 6) is 0.314. The zero-order valence-electron chi connectivity index (χ0n) is 13.8. The lowest BCUT2D eigenvalue weighted by atomic mass is 9.91. The molecule has 2 N–H and O–H groups in total. The van der Waals surface area contributed by atoms with Gasteiger partial charge in [-0.25, -0.2) is 0 Å². The molecule has 1 unspecified atom stereocenters. The zero-order valence-corrected chi connectivity index (χ0v) is 13.8. The quantitative estimate of drug-likeness (QED) is 0.590. The molecule has 23 heavy (non-hydrogen) atoms.